The highest BCUT2D eigenvalue weighted by atomic mass is 19.1. The molecule has 2 aromatic rings. The summed E-state index contributed by atoms with van der Waals surface area (Å²) in [6.45, 7) is 5.79. The number of aliphatic hydroxyl groups is 1. The van der Waals surface area contributed by atoms with Crippen LogP contribution in [0.5, 0.6) is 5.75 Å². The van der Waals surface area contributed by atoms with Crippen molar-refractivity contribution in [3.05, 3.63) is 65.7 Å². The Morgan fingerprint density at radius 3 is 2.46 bits per heavy atom. The minimum absolute atomic E-state index is 0.161. The molecule has 0 aromatic heterocycles. The second-order valence-corrected chi connectivity index (χ2v) is 6.93. The van der Waals surface area contributed by atoms with Crippen molar-refractivity contribution < 1.29 is 18.6 Å². The van der Waals surface area contributed by atoms with Gasteiger partial charge < -0.3 is 9.84 Å². The maximum Gasteiger partial charge on any atom is 0.130 e. The number of hydrogen-bond donors (Lipinski definition) is 1. The summed E-state index contributed by atoms with van der Waals surface area (Å²) < 4.78 is 32.6. The summed E-state index contributed by atoms with van der Waals surface area (Å²) in [4.78, 5) is 1.98. The van der Waals surface area contributed by atoms with E-state index in [1.807, 2.05) is 35.2 Å². The van der Waals surface area contributed by atoms with E-state index in [2.05, 4.69) is 13.8 Å². The Morgan fingerprint density at radius 1 is 1.08 bits per heavy atom. The lowest BCUT2D eigenvalue weighted by Crippen LogP contribution is -2.36. The lowest BCUT2D eigenvalue weighted by atomic mass is 10.1. The molecule has 0 amide bonds. The Hall–Kier alpha value is -1.98. The highest BCUT2D eigenvalue weighted by molar-refractivity contribution is 5.21. The highest BCUT2D eigenvalue weighted by Crippen LogP contribution is 2.15. The molecule has 0 spiro atoms. The number of benzene rings is 2. The van der Waals surface area contributed by atoms with Gasteiger partial charge in [-0.25, -0.2) is 8.78 Å². The summed E-state index contributed by atoms with van der Waals surface area (Å²) in [5.74, 6) is 0.0454. The molecule has 0 aliphatic heterocycles. The molecule has 2 aromatic carbocycles. The zero-order chi connectivity index (χ0) is 18.9. The van der Waals surface area contributed by atoms with E-state index in [1.165, 1.54) is 12.1 Å². The molecule has 0 heterocycles. The van der Waals surface area contributed by atoms with Gasteiger partial charge in [0.15, 0.2) is 0 Å². The van der Waals surface area contributed by atoms with Crippen LogP contribution in [0.15, 0.2) is 48.5 Å². The Bertz CT molecular complexity index is 664. The molecule has 142 valence electrons. The first kappa shape index (κ1) is 20.3. The molecule has 0 fully saturated rings. The summed E-state index contributed by atoms with van der Waals surface area (Å²) in [5, 5.41) is 10.3. The van der Waals surface area contributed by atoms with Crippen molar-refractivity contribution in [3.63, 3.8) is 0 Å². The van der Waals surface area contributed by atoms with Crippen LogP contribution in [0.4, 0.5) is 8.78 Å². The molecule has 5 heteroatoms. The van der Waals surface area contributed by atoms with Crippen molar-refractivity contribution in [1.29, 1.82) is 0 Å². The number of para-hydroxylation sites is 1. The zero-order valence-electron chi connectivity index (χ0n) is 15.4. The molecule has 0 aliphatic carbocycles. The van der Waals surface area contributed by atoms with Crippen molar-refractivity contribution in [2.75, 3.05) is 19.7 Å². The molecule has 0 radical (unpaired) electrons. The summed E-state index contributed by atoms with van der Waals surface area (Å²) in [5.41, 5.74) is 0.423. The Kier molecular flexibility index (Phi) is 8.01. The molecule has 2 rings (SSSR count). The Labute approximate surface area is 154 Å². The maximum atomic E-state index is 14.0. The van der Waals surface area contributed by atoms with Gasteiger partial charge in [0.25, 0.3) is 0 Å². The molecule has 1 atom stereocenters. The molecule has 0 unspecified atom stereocenters. The van der Waals surface area contributed by atoms with Crippen LogP contribution < -0.4 is 4.74 Å². The molecule has 0 aliphatic rings. The van der Waals surface area contributed by atoms with Crippen molar-refractivity contribution >= 4 is 0 Å². The number of halogens is 2. The second-order valence-electron chi connectivity index (χ2n) is 6.93. The largest absolute Gasteiger partial charge is 0.491 e. The monoisotopic (exact) mass is 363 g/mol. The van der Waals surface area contributed by atoms with Gasteiger partial charge in [0.2, 0.25) is 0 Å². The van der Waals surface area contributed by atoms with Crippen LogP contribution in [-0.4, -0.2) is 35.8 Å². The quantitative estimate of drug-likeness (QED) is 0.685. The topological polar surface area (TPSA) is 32.7 Å². The fraction of sp³-hybridized carbons (Fsp3) is 0.429. The summed E-state index contributed by atoms with van der Waals surface area (Å²) in [6, 6.07) is 12.9. The summed E-state index contributed by atoms with van der Waals surface area (Å²) in [6.07, 6.45) is 0.223. The molecular formula is C21H27F2NO2. The average molecular weight is 363 g/mol. The van der Waals surface area contributed by atoms with Gasteiger partial charge in [-0.1, -0.05) is 38.1 Å². The van der Waals surface area contributed by atoms with Crippen molar-refractivity contribution in [1.82, 2.24) is 4.90 Å². The van der Waals surface area contributed by atoms with Gasteiger partial charge >= 0.3 is 0 Å². The van der Waals surface area contributed by atoms with Gasteiger partial charge in [-0.15, -0.1) is 0 Å². The third-order valence-electron chi connectivity index (χ3n) is 4.09. The van der Waals surface area contributed by atoms with E-state index >= 15 is 0 Å². The third-order valence-corrected chi connectivity index (χ3v) is 4.09. The number of nitrogens with zero attached hydrogens (tertiary/aromatic N) is 1. The van der Waals surface area contributed by atoms with E-state index in [4.69, 9.17) is 4.74 Å². The number of hydrogen-bond acceptors (Lipinski definition) is 3. The summed E-state index contributed by atoms with van der Waals surface area (Å²) in [7, 11) is 0. The van der Waals surface area contributed by atoms with Crippen LogP contribution in [0.25, 0.3) is 0 Å². The van der Waals surface area contributed by atoms with Crippen molar-refractivity contribution in [3.8, 4) is 5.75 Å². The van der Waals surface area contributed by atoms with Crippen LogP contribution in [0.1, 0.15) is 25.8 Å². The van der Waals surface area contributed by atoms with E-state index in [-0.39, 0.29) is 6.61 Å². The molecule has 0 saturated heterocycles. The van der Waals surface area contributed by atoms with Gasteiger partial charge in [0.1, 0.15) is 30.1 Å². The zero-order valence-corrected chi connectivity index (χ0v) is 15.4. The standard InChI is InChI=1S/C21H27F2NO2/c1-16(2)10-11-24(13-17-8-9-18(22)12-21(17)23)14-19(25)15-26-20-6-4-3-5-7-20/h3-9,12,16,19,25H,10-11,13-15H2,1-2H3/t19-/m0/s1. The third kappa shape index (κ3) is 7.10. The Balaban J connectivity index is 1.94. The van der Waals surface area contributed by atoms with Crippen LogP contribution in [0.3, 0.4) is 0 Å². The first-order valence-electron chi connectivity index (χ1n) is 8.96. The van der Waals surface area contributed by atoms with Crippen LogP contribution in [0.2, 0.25) is 0 Å². The van der Waals surface area contributed by atoms with E-state index in [0.29, 0.717) is 30.3 Å². The van der Waals surface area contributed by atoms with E-state index in [9.17, 15) is 13.9 Å². The predicted molar refractivity (Wildman–Crippen MR) is 99.0 cm³/mol. The highest BCUT2D eigenvalue weighted by Gasteiger charge is 2.16. The molecule has 1 N–H and O–H groups in total. The fourth-order valence-electron chi connectivity index (χ4n) is 2.63. The van der Waals surface area contributed by atoms with Gasteiger partial charge in [-0.2, -0.15) is 0 Å². The average Bonchev–Trinajstić information content (AvgIpc) is 2.61. The molecule has 3 nitrogen and oxygen atoms in total. The van der Waals surface area contributed by atoms with Crippen LogP contribution in [-0.2, 0) is 6.54 Å². The van der Waals surface area contributed by atoms with Crippen LogP contribution in [0, 0.1) is 17.6 Å². The second kappa shape index (κ2) is 10.2. The first-order valence-corrected chi connectivity index (χ1v) is 8.96. The van der Waals surface area contributed by atoms with E-state index in [1.54, 1.807) is 0 Å². The van der Waals surface area contributed by atoms with E-state index < -0.39 is 17.7 Å². The Morgan fingerprint density at radius 2 is 1.81 bits per heavy atom. The number of rotatable bonds is 10. The van der Waals surface area contributed by atoms with Crippen molar-refractivity contribution in [2.24, 2.45) is 5.92 Å². The molecule has 0 bridgehead atoms. The SMILES string of the molecule is CC(C)CCN(Cc1ccc(F)cc1F)C[C@H](O)COc1ccccc1. The first-order chi connectivity index (χ1) is 12.4. The molecular weight excluding hydrogens is 336 g/mol. The predicted octanol–water partition coefficient (Wildman–Crippen LogP) is 4.25. The van der Waals surface area contributed by atoms with Gasteiger partial charge in [0, 0.05) is 24.7 Å². The lowest BCUT2D eigenvalue weighted by Gasteiger charge is -2.26. The normalized spacial score (nSPS) is 12.6. The number of aliphatic hydroxyl groups excluding tert-OH is 1. The van der Waals surface area contributed by atoms with Crippen molar-refractivity contribution in [2.45, 2.75) is 32.9 Å². The lowest BCUT2D eigenvalue weighted by molar-refractivity contribution is 0.0635. The smallest absolute Gasteiger partial charge is 0.130 e. The summed E-state index contributed by atoms with van der Waals surface area (Å²) >= 11 is 0. The minimum Gasteiger partial charge on any atom is -0.491 e. The molecule has 26 heavy (non-hydrogen) atoms. The fourth-order valence-corrected chi connectivity index (χ4v) is 2.63. The van der Waals surface area contributed by atoms with Gasteiger partial charge in [-0.3, -0.25) is 4.90 Å². The van der Waals surface area contributed by atoms with E-state index in [0.717, 1.165) is 19.0 Å². The van der Waals surface area contributed by atoms with Gasteiger partial charge in [-0.05, 0) is 37.1 Å². The maximum absolute atomic E-state index is 14.0. The minimum atomic E-state index is -0.703. The molecule has 0 saturated carbocycles. The van der Waals surface area contributed by atoms with Crippen LogP contribution >= 0.6 is 0 Å². The number of ether oxygens (including phenoxy) is 1. The van der Waals surface area contributed by atoms with Gasteiger partial charge in [0.05, 0.1) is 0 Å².